The van der Waals surface area contributed by atoms with Crippen molar-refractivity contribution in [2.24, 2.45) is 0 Å². The van der Waals surface area contributed by atoms with Crippen molar-refractivity contribution in [3.8, 4) is 0 Å². The van der Waals surface area contributed by atoms with Crippen LogP contribution < -0.4 is 0 Å². The molecule has 0 atom stereocenters. The molecule has 6 heteroatoms. The Morgan fingerprint density at radius 2 is 2.00 bits per heavy atom. The van der Waals surface area contributed by atoms with Gasteiger partial charge in [0.05, 0.1) is 6.54 Å². The number of carbonyl (C=O) groups is 1. The number of aromatic nitrogens is 2. The minimum absolute atomic E-state index is 0.243. The van der Waals surface area contributed by atoms with Crippen LogP contribution in [-0.4, -0.2) is 64.1 Å². The van der Waals surface area contributed by atoms with Crippen molar-refractivity contribution in [2.45, 2.75) is 19.4 Å². The van der Waals surface area contributed by atoms with Crippen LogP contribution in [0.15, 0.2) is 18.5 Å². The molecule has 106 valence electrons. The number of rotatable bonds is 6. The molecule has 1 amide bonds. The highest BCUT2D eigenvalue weighted by Gasteiger charge is 2.20. The van der Waals surface area contributed by atoms with E-state index in [-0.39, 0.29) is 5.91 Å². The Hall–Kier alpha value is -1.07. The van der Waals surface area contributed by atoms with E-state index in [0.717, 1.165) is 45.7 Å². The van der Waals surface area contributed by atoms with Gasteiger partial charge in [0.25, 0.3) is 0 Å². The van der Waals surface area contributed by atoms with Crippen LogP contribution in [0.3, 0.4) is 0 Å². The summed E-state index contributed by atoms with van der Waals surface area (Å²) < 4.78 is 1.94. The maximum absolute atomic E-state index is 11.8. The number of halogens is 1. The smallest absolute Gasteiger partial charge is 0.222 e. The quantitative estimate of drug-likeness (QED) is 0.733. The third-order valence-electron chi connectivity index (χ3n) is 3.45. The van der Waals surface area contributed by atoms with E-state index in [1.54, 1.807) is 6.20 Å². The highest BCUT2D eigenvalue weighted by atomic mass is 35.5. The van der Waals surface area contributed by atoms with Crippen LogP contribution in [0.4, 0.5) is 0 Å². The Morgan fingerprint density at radius 3 is 2.63 bits per heavy atom. The van der Waals surface area contributed by atoms with Crippen LogP contribution in [0.2, 0.25) is 0 Å². The SMILES string of the molecule is O=C(CCCCl)N1CCN(CCn2cccn2)CC1. The molecule has 1 aliphatic rings. The van der Waals surface area contributed by atoms with E-state index in [1.165, 1.54) is 0 Å². The molecule has 0 radical (unpaired) electrons. The van der Waals surface area contributed by atoms with E-state index >= 15 is 0 Å². The molecule has 5 nitrogen and oxygen atoms in total. The van der Waals surface area contributed by atoms with Crippen LogP contribution in [0, 0.1) is 0 Å². The van der Waals surface area contributed by atoms with Gasteiger partial charge in [-0.1, -0.05) is 0 Å². The zero-order valence-corrected chi connectivity index (χ0v) is 11.9. The van der Waals surface area contributed by atoms with Gasteiger partial charge < -0.3 is 4.90 Å². The first kappa shape index (κ1) is 14.3. The second kappa shape index (κ2) is 7.50. The monoisotopic (exact) mass is 284 g/mol. The number of amides is 1. The number of carbonyl (C=O) groups excluding carboxylic acids is 1. The topological polar surface area (TPSA) is 41.4 Å². The van der Waals surface area contributed by atoms with E-state index in [1.807, 2.05) is 21.8 Å². The van der Waals surface area contributed by atoms with Crippen LogP contribution in [0.5, 0.6) is 0 Å². The average Bonchev–Trinajstić information content (AvgIpc) is 2.96. The largest absolute Gasteiger partial charge is 0.340 e. The van der Waals surface area contributed by atoms with Gasteiger partial charge in [-0.15, -0.1) is 11.6 Å². The lowest BCUT2D eigenvalue weighted by atomic mass is 10.2. The molecule has 1 fully saturated rings. The van der Waals surface area contributed by atoms with Gasteiger partial charge in [0.15, 0.2) is 0 Å². The van der Waals surface area contributed by atoms with Gasteiger partial charge in [-0.2, -0.15) is 5.10 Å². The molecule has 0 bridgehead atoms. The maximum atomic E-state index is 11.8. The molecule has 0 aliphatic carbocycles. The standard InChI is InChI=1S/C13H21ClN4O/c14-4-1-3-13(19)17-10-7-16(8-11-17)9-12-18-6-2-5-15-18/h2,5-6H,1,3-4,7-12H2. The fourth-order valence-corrected chi connectivity index (χ4v) is 2.41. The van der Waals surface area contributed by atoms with Gasteiger partial charge in [-0.05, 0) is 12.5 Å². The molecule has 19 heavy (non-hydrogen) atoms. The van der Waals surface area contributed by atoms with Gasteiger partial charge in [0.1, 0.15) is 0 Å². The lowest BCUT2D eigenvalue weighted by Crippen LogP contribution is -2.49. The molecule has 1 aromatic rings. The first-order chi connectivity index (χ1) is 9.29. The highest BCUT2D eigenvalue weighted by molar-refractivity contribution is 6.17. The Morgan fingerprint density at radius 1 is 1.21 bits per heavy atom. The van der Waals surface area contributed by atoms with Crippen molar-refractivity contribution < 1.29 is 4.79 Å². The predicted molar refractivity (Wildman–Crippen MR) is 75.2 cm³/mol. The second-order valence-electron chi connectivity index (χ2n) is 4.78. The molecular weight excluding hydrogens is 264 g/mol. The summed E-state index contributed by atoms with van der Waals surface area (Å²) in [7, 11) is 0. The Kier molecular flexibility index (Phi) is 5.66. The van der Waals surface area contributed by atoms with Crippen LogP contribution in [-0.2, 0) is 11.3 Å². The lowest BCUT2D eigenvalue weighted by Gasteiger charge is -2.34. The number of alkyl halides is 1. The summed E-state index contributed by atoms with van der Waals surface area (Å²) in [6.07, 6.45) is 5.14. The molecule has 0 saturated carbocycles. The van der Waals surface area contributed by atoms with Gasteiger partial charge in [0.2, 0.25) is 5.91 Å². The van der Waals surface area contributed by atoms with Crippen molar-refractivity contribution >= 4 is 17.5 Å². The molecule has 0 unspecified atom stereocenters. The molecule has 0 N–H and O–H groups in total. The summed E-state index contributed by atoms with van der Waals surface area (Å²) in [5.74, 6) is 0.808. The summed E-state index contributed by atoms with van der Waals surface area (Å²) in [6, 6.07) is 1.94. The molecule has 1 aliphatic heterocycles. The van der Waals surface area contributed by atoms with Crippen LogP contribution in [0.25, 0.3) is 0 Å². The van der Waals surface area contributed by atoms with E-state index in [9.17, 15) is 4.79 Å². The fraction of sp³-hybridized carbons (Fsp3) is 0.692. The normalized spacial score (nSPS) is 16.8. The minimum atomic E-state index is 0.243. The number of nitrogens with zero attached hydrogens (tertiary/aromatic N) is 4. The molecule has 2 rings (SSSR count). The zero-order valence-electron chi connectivity index (χ0n) is 11.2. The van der Waals surface area contributed by atoms with Crippen LogP contribution >= 0.6 is 11.6 Å². The third kappa shape index (κ3) is 4.51. The highest BCUT2D eigenvalue weighted by Crippen LogP contribution is 2.06. The Bertz CT molecular complexity index is 374. The summed E-state index contributed by atoms with van der Waals surface area (Å²) in [5.41, 5.74) is 0. The zero-order chi connectivity index (χ0) is 13.5. The number of hydrogen-bond acceptors (Lipinski definition) is 3. The van der Waals surface area contributed by atoms with Crippen molar-refractivity contribution in [3.05, 3.63) is 18.5 Å². The summed E-state index contributed by atoms with van der Waals surface area (Å²) in [4.78, 5) is 16.2. The van der Waals surface area contributed by atoms with E-state index < -0.39 is 0 Å². The molecular formula is C13H21ClN4O. The first-order valence-electron chi connectivity index (χ1n) is 6.83. The number of piperazine rings is 1. The summed E-state index contributed by atoms with van der Waals surface area (Å²) in [6.45, 7) is 5.47. The Balaban J connectivity index is 1.66. The third-order valence-corrected chi connectivity index (χ3v) is 3.72. The van der Waals surface area contributed by atoms with E-state index in [0.29, 0.717) is 12.3 Å². The molecule has 0 spiro atoms. The Labute approximate surface area is 119 Å². The predicted octanol–water partition coefficient (Wildman–Crippen LogP) is 1.05. The minimum Gasteiger partial charge on any atom is -0.340 e. The lowest BCUT2D eigenvalue weighted by molar-refractivity contribution is -0.132. The van der Waals surface area contributed by atoms with Gasteiger partial charge in [-0.25, -0.2) is 0 Å². The van der Waals surface area contributed by atoms with Gasteiger partial charge in [0, 0.05) is 57.4 Å². The molecule has 1 aromatic heterocycles. The van der Waals surface area contributed by atoms with E-state index in [4.69, 9.17) is 11.6 Å². The van der Waals surface area contributed by atoms with Crippen LogP contribution in [0.1, 0.15) is 12.8 Å². The maximum Gasteiger partial charge on any atom is 0.222 e. The number of hydrogen-bond donors (Lipinski definition) is 0. The first-order valence-corrected chi connectivity index (χ1v) is 7.36. The van der Waals surface area contributed by atoms with E-state index in [2.05, 4.69) is 10.00 Å². The van der Waals surface area contributed by atoms with Crippen molar-refractivity contribution in [1.29, 1.82) is 0 Å². The summed E-state index contributed by atoms with van der Waals surface area (Å²) >= 11 is 5.61. The molecule has 0 aromatic carbocycles. The van der Waals surface area contributed by atoms with Crippen molar-refractivity contribution in [3.63, 3.8) is 0 Å². The molecule has 2 heterocycles. The second-order valence-corrected chi connectivity index (χ2v) is 5.16. The van der Waals surface area contributed by atoms with Gasteiger partial charge >= 0.3 is 0 Å². The molecule has 1 saturated heterocycles. The van der Waals surface area contributed by atoms with Crippen molar-refractivity contribution in [2.75, 3.05) is 38.6 Å². The average molecular weight is 285 g/mol. The summed E-state index contributed by atoms with van der Waals surface area (Å²) in [5, 5.41) is 4.19. The van der Waals surface area contributed by atoms with Crippen molar-refractivity contribution in [1.82, 2.24) is 19.6 Å². The van der Waals surface area contributed by atoms with Gasteiger partial charge in [-0.3, -0.25) is 14.4 Å². The fourth-order valence-electron chi connectivity index (χ4n) is 2.27.